The predicted octanol–water partition coefficient (Wildman–Crippen LogP) is 1.83. The highest BCUT2D eigenvalue weighted by molar-refractivity contribution is 5.87. The smallest absolute Gasteiger partial charge is 0.381 e. The minimum Gasteiger partial charge on any atom is -0.381 e. The highest BCUT2D eigenvalue weighted by Crippen LogP contribution is 2.30. The number of carbonyl (C=O) groups is 1. The molecule has 2 aliphatic heterocycles. The second kappa shape index (κ2) is 8.99. The third kappa shape index (κ3) is 5.27. The van der Waals surface area contributed by atoms with Gasteiger partial charge in [-0.1, -0.05) is 18.7 Å². The van der Waals surface area contributed by atoms with E-state index in [1.165, 1.54) is 23.2 Å². The number of carbonyl (C=O) groups excluding carboxylic acids is 1. The number of hydrogen-bond donors (Lipinski definition) is 2. The van der Waals surface area contributed by atoms with Crippen molar-refractivity contribution < 1.29 is 32.5 Å². The van der Waals surface area contributed by atoms with Crippen molar-refractivity contribution in [1.82, 2.24) is 9.91 Å². The van der Waals surface area contributed by atoms with Gasteiger partial charge in [-0.2, -0.15) is 13.2 Å². The van der Waals surface area contributed by atoms with Crippen LogP contribution in [0.2, 0.25) is 0 Å². The van der Waals surface area contributed by atoms with E-state index in [2.05, 4.69) is 6.58 Å². The van der Waals surface area contributed by atoms with Crippen LogP contribution in [-0.2, 0) is 27.1 Å². The lowest BCUT2D eigenvalue weighted by Crippen LogP contribution is -2.52. The summed E-state index contributed by atoms with van der Waals surface area (Å²) in [4.78, 5) is 13.6. The molecular weight excluding hydrogens is 415 g/mol. The molecule has 2 atom stereocenters. The molecule has 2 heterocycles. The number of likely N-dealkylation sites (tertiary alicyclic amines) is 1. The minimum absolute atomic E-state index is 0.0593. The van der Waals surface area contributed by atoms with Gasteiger partial charge < -0.3 is 24.5 Å². The van der Waals surface area contributed by atoms with Crippen LogP contribution in [0.3, 0.4) is 0 Å². The quantitative estimate of drug-likeness (QED) is 0.381. The number of nitrogens with zero attached hydrogens (tertiary/aromatic N) is 2. The van der Waals surface area contributed by atoms with Gasteiger partial charge in [0, 0.05) is 19.3 Å². The van der Waals surface area contributed by atoms with Crippen LogP contribution in [0.5, 0.6) is 0 Å². The van der Waals surface area contributed by atoms with Crippen LogP contribution in [-0.4, -0.2) is 65.0 Å². The second-order valence-corrected chi connectivity index (χ2v) is 7.84. The monoisotopic (exact) mass is 441 g/mol. The van der Waals surface area contributed by atoms with E-state index in [0.29, 0.717) is 11.1 Å². The van der Waals surface area contributed by atoms with E-state index >= 15 is 0 Å². The zero-order chi connectivity index (χ0) is 22.8. The third-order valence-corrected chi connectivity index (χ3v) is 5.61. The molecule has 3 N–H and O–H groups in total. The molecule has 31 heavy (non-hydrogen) atoms. The van der Waals surface area contributed by atoms with Gasteiger partial charge in [0.2, 0.25) is 5.91 Å². The van der Waals surface area contributed by atoms with Crippen LogP contribution in [0.1, 0.15) is 18.1 Å². The largest absolute Gasteiger partial charge is 0.416 e. The molecule has 2 saturated heterocycles. The van der Waals surface area contributed by atoms with Crippen molar-refractivity contribution in [3.8, 4) is 0 Å². The zero-order valence-electron chi connectivity index (χ0n) is 17.1. The highest BCUT2D eigenvalue weighted by atomic mass is 19.4. The molecule has 2 aliphatic rings. The van der Waals surface area contributed by atoms with Crippen LogP contribution in [0.25, 0.3) is 0 Å². The van der Waals surface area contributed by atoms with Crippen molar-refractivity contribution in [2.45, 2.75) is 37.5 Å². The molecule has 2 fully saturated rings. The van der Waals surface area contributed by atoms with Gasteiger partial charge in [-0.15, -0.1) is 0 Å². The Hall–Kier alpha value is -2.40. The number of amides is 1. The lowest BCUT2D eigenvalue weighted by atomic mass is 9.94. The summed E-state index contributed by atoms with van der Waals surface area (Å²) in [5.41, 5.74) is -0.610. The summed E-state index contributed by atoms with van der Waals surface area (Å²) in [6.45, 7) is 6.19. The lowest BCUT2D eigenvalue weighted by molar-refractivity contribution is -0.154. The molecule has 0 aliphatic carbocycles. The number of hydrogen-bond acceptors (Lipinski definition) is 6. The first kappa shape index (κ1) is 23.3. The summed E-state index contributed by atoms with van der Waals surface area (Å²) in [5, 5.41) is 11.8. The number of benzene rings is 1. The molecule has 7 nitrogen and oxygen atoms in total. The number of alkyl halides is 3. The Morgan fingerprint density at radius 3 is 2.55 bits per heavy atom. The fraction of sp³-hybridized carbons (Fsp3) is 0.476. The number of rotatable bonds is 7. The van der Waals surface area contributed by atoms with Crippen molar-refractivity contribution in [2.24, 2.45) is 5.84 Å². The Kier molecular flexibility index (Phi) is 6.75. The van der Waals surface area contributed by atoms with Crippen LogP contribution < -0.4 is 5.84 Å². The summed E-state index contributed by atoms with van der Waals surface area (Å²) >= 11 is 0. The zero-order valence-corrected chi connectivity index (χ0v) is 17.1. The first-order valence-corrected chi connectivity index (χ1v) is 9.74. The van der Waals surface area contributed by atoms with E-state index in [1.54, 1.807) is 18.0 Å². The highest BCUT2D eigenvalue weighted by Gasteiger charge is 2.41. The van der Waals surface area contributed by atoms with E-state index in [0.717, 1.165) is 12.1 Å². The average Bonchev–Trinajstić information content (AvgIpc) is 3.13. The summed E-state index contributed by atoms with van der Waals surface area (Å²) in [6.07, 6.45) is -2.09. The van der Waals surface area contributed by atoms with Crippen LogP contribution in [0.15, 0.2) is 48.7 Å². The van der Waals surface area contributed by atoms with Crippen molar-refractivity contribution in [2.75, 3.05) is 26.3 Å². The molecule has 10 heteroatoms. The summed E-state index contributed by atoms with van der Waals surface area (Å²) in [5.74, 6) is 5.95. The number of halogens is 3. The molecule has 3 rings (SSSR count). The fourth-order valence-electron chi connectivity index (χ4n) is 3.47. The molecule has 1 amide bonds. The van der Waals surface area contributed by atoms with Crippen LogP contribution in [0, 0.1) is 0 Å². The minimum atomic E-state index is -4.40. The maximum atomic E-state index is 12.7. The Balaban J connectivity index is 1.70. The predicted molar refractivity (Wildman–Crippen MR) is 106 cm³/mol. The SMILES string of the molecule is C=CC(=O)N1C[C@@H](N(N)/C=C(\C)C2(O)COC2)[C@H](OCc2ccc(C(F)(F)F)cc2)C1. The summed E-state index contributed by atoms with van der Waals surface area (Å²) in [6, 6.07) is 4.30. The maximum absolute atomic E-state index is 12.7. The van der Waals surface area contributed by atoms with E-state index in [-0.39, 0.29) is 38.8 Å². The average molecular weight is 441 g/mol. The Morgan fingerprint density at radius 1 is 1.39 bits per heavy atom. The molecule has 1 aromatic rings. The molecule has 0 radical (unpaired) electrons. The second-order valence-electron chi connectivity index (χ2n) is 7.84. The molecular formula is C21H26F3N3O4. The molecule has 0 spiro atoms. The standard InChI is InChI=1S/C21H26F3N3O4/c1-3-19(28)26-9-17(27(25)8-14(2)20(29)12-30-13-20)18(10-26)31-11-15-4-6-16(7-5-15)21(22,23)24/h3-8,17-18,29H,1,9-13,25H2,2H3/b14-8+/t17-,18-/m1/s1. The first-order chi connectivity index (χ1) is 14.5. The number of aliphatic hydroxyl groups is 1. The number of hydrazine groups is 1. The van der Waals surface area contributed by atoms with Gasteiger partial charge in [0.25, 0.3) is 0 Å². The van der Waals surface area contributed by atoms with Crippen LogP contribution >= 0.6 is 0 Å². The van der Waals surface area contributed by atoms with E-state index in [9.17, 15) is 23.1 Å². The van der Waals surface area contributed by atoms with Crippen molar-refractivity contribution in [3.63, 3.8) is 0 Å². The van der Waals surface area contributed by atoms with Gasteiger partial charge in [-0.05, 0) is 36.3 Å². The summed E-state index contributed by atoms with van der Waals surface area (Å²) in [7, 11) is 0. The van der Waals surface area contributed by atoms with Crippen LogP contribution in [0.4, 0.5) is 13.2 Å². The molecule has 0 saturated carbocycles. The van der Waals surface area contributed by atoms with Gasteiger partial charge in [0.05, 0.1) is 37.5 Å². The number of nitrogens with two attached hydrogens (primary N) is 1. The molecule has 0 aromatic heterocycles. The van der Waals surface area contributed by atoms with E-state index < -0.39 is 29.5 Å². The normalized spacial score (nSPS) is 23.4. The van der Waals surface area contributed by atoms with Gasteiger partial charge in [0.15, 0.2) is 0 Å². The molecule has 0 bridgehead atoms. The Bertz CT molecular complexity index is 837. The van der Waals surface area contributed by atoms with Gasteiger partial charge in [-0.3, -0.25) is 4.79 Å². The fourth-order valence-corrected chi connectivity index (χ4v) is 3.47. The third-order valence-electron chi connectivity index (χ3n) is 5.61. The molecule has 0 unspecified atom stereocenters. The van der Waals surface area contributed by atoms with Gasteiger partial charge in [0.1, 0.15) is 5.60 Å². The van der Waals surface area contributed by atoms with E-state index in [4.69, 9.17) is 15.3 Å². The topological polar surface area (TPSA) is 88.3 Å². The van der Waals surface area contributed by atoms with Crippen molar-refractivity contribution >= 4 is 5.91 Å². The molecule has 1 aromatic carbocycles. The Labute approximate surface area is 178 Å². The molecule has 170 valence electrons. The maximum Gasteiger partial charge on any atom is 0.416 e. The number of ether oxygens (including phenoxy) is 2. The first-order valence-electron chi connectivity index (χ1n) is 9.74. The Morgan fingerprint density at radius 2 is 2.03 bits per heavy atom. The van der Waals surface area contributed by atoms with Crippen molar-refractivity contribution in [1.29, 1.82) is 0 Å². The van der Waals surface area contributed by atoms with E-state index in [1.807, 2.05) is 0 Å². The van der Waals surface area contributed by atoms with Gasteiger partial charge in [-0.25, -0.2) is 5.84 Å². The summed E-state index contributed by atoms with van der Waals surface area (Å²) < 4.78 is 49.2. The van der Waals surface area contributed by atoms with Gasteiger partial charge >= 0.3 is 6.18 Å². The lowest BCUT2D eigenvalue weighted by Gasteiger charge is -2.38. The van der Waals surface area contributed by atoms with Crippen molar-refractivity contribution in [3.05, 3.63) is 59.8 Å².